The third-order valence-electron chi connectivity index (χ3n) is 3.48. The molecule has 0 bridgehead atoms. The Bertz CT molecular complexity index is 351. The summed E-state index contributed by atoms with van der Waals surface area (Å²) in [5.41, 5.74) is 1.33. The van der Waals surface area contributed by atoms with Crippen LogP contribution in [-0.4, -0.2) is 11.8 Å². The smallest absolute Gasteiger partial charge is 0.0480 e. The predicted molar refractivity (Wildman–Crippen MR) is 77.9 cm³/mol. The molecule has 1 saturated carbocycles. The molecule has 0 aliphatic heterocycles. The Morgan fingerprint density at radius 3 is 2.88 bits per heavy atom. The van der Waals surface area contributed by atoms with Crippen LogP contribution in [0.1, 0.15) is 39.5 Å². The van der Waals surface area contributed by atoms with Gasteiger partial charge in [0.15, 0.2) is 0 Å². The normalized spacial score (nSPS) is 24.6. The van der Waals surface area contributed by atoms with E-state index in [2.05, 4.69) is 43.4 Å². The van der Waals surface area contributed by atoms with Crippen LogP contribution in [0.3, 0.4) is 0 Å². The monoisotopic (exact) mass is 249 g/mol. The van der Waals surface area contributed by atoms with Crippen LogP contribution in [0, 0.1) is 5.92 Å². The second kappa shape index (κ2) is 6.34. The van der Waals surface area contributed by atoms with Crippen molar-refractivity contribution >= 4 is 17.4 Å². The average Bonchev–Trinajstić information content (AvgIpc) is 2.32. The molecule has 0 amide bonds. The van der Waals surface area contributed by atoms with Gasteiger partial charge in [-0.05, 0) is 36.6 Å². The summed E-state index contributed by atoms with van der Waals surface area (Å²) in [5, 5.41) is 3.74. The molecule has 0 heterocycles. The van der Waals surface area contributed by atoms with Gasteiger partial charge in [-0.2, -0.15) is 0 Å². The number of rotatable bonds is 4. The predicted octanol–water partition coefficient (Wildman–Crippen LogP) is 4.79. The Labute approximate surface area is 109 Å². The van der Waals surface area contributed by atoms with Crippen LogP contribution in [0.15, 0.2) is 29.2 Å². The largest absolute Gasteiger partial charge is 0.381 e. The maximum atomic E-state index is 3.74. The lowest BCUT2D eigenvalue weighted by Crippen LogP contribution is -2.26. The highest BCUT2D eigenvalue weighted by molar-refractivity contribution is 7.99. The van der Waals surface area contributed by atoms with Crippen LogP contribution in [0.25, 0.3) is 0 Å². The minimum atomic E-state index is 0.678. The highest BCUT2D eigenvalue weighted by Gasteiger charge is 2.19. The maximum Gasteiger partial charge on any atom is 0.0480 e. The molecule has 1 aliphatic rings. The van der Waals surface area contributed by atoms with Gasteiger partial charge >= 0.3 is 0 Å². The first-order valence-electron chi connectivity index (χ1n) is 6.78. The summed E-state index contributed by atoms with van der Waals surface area (Å²) in [6.07, 6.45) is 5.44. The van der Waals surface area contributed by atoms with Crippen molar-refractivity contribution in [2.75, 3.05) is 11.1 Å². The number of hydrogen-bond donors (Lipinski definition) is 1. The zero-order valence-corrected chi connectivity index (χ0v) is 11.7. The fraction of sp³-hybridized carbons (Fsp3) is 0.600. The molecular weight excluding hydrogens is 226 g/mol. The Balaban J connectivity index is 2.01. The molecule has 1 fully saturated rings. The molecule has 0 radical (unpaired) electrons. The molecule has 17 heavy (non-hydrogen) atoms. The van der Waals surface area contributed by atoms with E-state index in [1.165, 1.54) is 36.3 Å². The number of thioether (sulfide) groups is 1. The summed E-state index contributed by atoms with van der Waals surface area (Å²) < 4.78 is 0. The lowest BCUT2D eigenvalue weighted by molar-refractivity contribution is 0.358. The maximum absolute atomic E-state index is 3.74. The summed E-state index contributed by atoms with van der Waals surface area (Å²) in [6, 6.07) is 9.39. The Kier molecular flexibility index (Phi) is 4.78. The summed E-state index contributed by atoms with van der Waals surface area (Å²) in [5.74, 6) is 2.02. The number of nitrogens with one attached hydrogen (secondary N) is 1. The Morgan fingerprint density at radius 1 is 1.29 bits per heavy atom. The molecule has 2 atom stereocenters. The SMILES string of the molecule is CCSc1ccccc1NC1CCCC(C)C1. The minimum absolute atomic E-state index is 0.678. The van der Waals surface area contributed by atoms with Gasteiger partial charge in [-0.25, -0.2) is 0 Å². The third kappa shape index (κ3) is 3.67. The van der Waals surface area contributed by atoms with E-state index < -0.39 is 0 Å². The van der Waals surface area contributed by atoms with E-state index >= 15 is 0 Å². The first-order chi connectivity index (χ1) is 8.29. The molecule has 2 rings (SSSR count). The van der Waals surface area contributed by atoms with E-state index in [4.69, 9.17) is 0 Å². The van der Waals surface area contributed by atoms with Crippen molar-refractivity contribution in [3.8, 4) is 0 Å². The number of benzene rings is 1. The van der Waals surface area contributed by atoms with Crippen LogP contribution in [0.2, 0.25) is 0 Å². The molecule has 94 valence electrons. The summed E-state index contributed by atoms with van der Waals surface area (Å²) >= 11 is 1.93. The van der Waals surface area contributed by atoms with Crippen LogP contribution in [-0.2, 0) is 0 Å². The van der Waals surface area contributed by atoms with Crippen molar-refractivity contribution in [1.29, 1.82) is 0 Å². The van der Waals surface area contributed by atoms with Crippen molar-refractivity contribution in [2.24, 2.45) is 5.92 Å². The van der Waals surface area contributed by atoms with Gasteiger partial charge in [-0.1, -0.05) is 38.8 Å². The summed E-state index contributed by atoms with van der Waals surface area (Å²) in [7, 11) is 0. The highest BCUT2D eigenvalue weighted by atomic mass is 32.2. The van der Waals surface area contributed by atoms with Crippen molar-refractivity contribution < 1.29 is 0 Å². The molecule has 1 N–H and O–H groups in total. The average molecular weight is 249 g/mol. The van der Waals surface area contributed by atoms with Crippen molar-refractivity contribution in [1.82, 2.24) is 0 Å². The van der Waals surface area contributed by atoms with E-state index in [0.29, 0.717) is 6.04 Å². The minimum Gasteiger partial charge on any atom is -0.381 e. The number of anilines is 1. The third-order valence-corrected chi connectivity index (χ3v) is 4.44. The lowest BCUT2D eigenvalue weighted by Gasteiger charge is -2.29. The Hall–Kier alpha value is -0.630. The first-order valence-corrected chi connectivity index (χ1v) is 7.76. The highest BCUT2D eigenvalue weighted by Crippen LogP contribution is 2.31. The lowest BCUT2D eigenvalue weighted by atomic mass is 9.87. The van der Waals surface area contributed by atoms with Crippen LogP contribution < -0.4 is 5.32 Å². The zero-order chi connectivity index (χ0) is 12.1. The zero-order valence-electron chi connectivity index (χ0n) is 10.9. The van der Waals surface area contributed by atoms with Crippen LogP contribution in [0.5, 0.6) is 0 Å². The van der Waals surface area contributed by atoms with Crippen molar-refractivity contribution in [3.05, 3.63) is 24.3 Å². The molecule has 1 nitrogen and oxygen atoms in total. The molecule has 1 aromatic carbocycles. The molecule has 0 saturated heterocycles. The summed E-state index contributed by atoms with van der Waals surface area (Å²) in [6.45, 7) is 4.59. The molecule has 1 aliphatic carbocycles. The topological polar surface area (TPSA) is 12.0 Å². The second-order valence-electron chi connectivity index (χ2n) is 5.04. The van der Waals surface area contributed by atoms with Crippen LogP contribution >= 0.6 is 11.8 Å². The summed E-state index contributed by atoms with van der Waals surface area (Å²) in [4.78, 5) is 1.40. The first kappa shape index (κ1) is 12.8. The molecule has 0 aromatic heterocycles. The van der Waals surface area contributed by atoms with Gasteiger partial charge in [0.1, 0.15) is 0 Å². The van der Waals surface area contributed by atoms with Gasteiger partial charge in [0.2, 0.25) is 0 Å². The van der Waals surface area contributed by atoms with E-state index in [0.717, 1.165) is 11.7 Å². The second-order valence-corrected chi connectivity index (χ2v) is 6.35. The van der Waals surface area contributed by atoms with Crippen LogP contribution in [0.4, 0.5) is 5.69 Å². The Morgan fingerprint density at radius 2 is 2.12 bits per heavy atom. The van der Waals surface area contributed by atoms with Crippen molar-refractivity contribution in [3.63, 3.8) is 0 Å². The van der Waals surface area contributed by atoms with Crippen molar-refractivity contribution in [2.45, 2.75) is 50.5 Å². The van der Waals surface area contributed by atoms with Gasteiger partial charge in [0.25, 0.3) is 0 Å². The van der Waals surface area contributed by atoms with Gasteiger partial charge in [-0.15, -0.1) is 11.8 Å². The molecule has 2 unspecified atom stereocenters. The quantitative estimate of drug-likeness (QED) is 0.770. The fourth-order valence-corrected chi connectivity index (χ4v) is 3.42. The molecule has 2 heteroatoms. The molecule has 0 spiro atoms. The van der Waals surface area contributed by atoms with E-state index in [1.54, 1.807) is 0 Å². The van der Waals surface area contributed by atoms with E-state index in [1.807, 2.05) is 11.8 Å². The van der Waals surface area contributed by atoms with E-state index in [-0.39, 0.29) is 0 Å². The fourth-order valence-electron chi connectivity index (χ4n) is 2.65. The number of para-hydroxylation sites is 1. The molecular formula is C15H23NS. The standard InChI is InChI=1S/C15H23NS/c1-3-17-15-10-5-4-9-14(15)16-13-8-6-7-12(2)11-13/h4-5,9-10,12-13,16H,3,6-8,11H2,1-2H3. The van der Waals surface area contributed by atoms with E-state index in [9.17, 15) is 0 Å². The van der Waals surface area contributed by atoms with Gasteiger partial charge in [0, 0.05) is 16.6 Å². The van der Waals surface area contributed by atoms with Gasteiger partial charge in [-0.3, -0.25) is 0 Å². The molecule has 1 aromatic rings. The van der Waals surface area contributed by atoms with Gasteiger partial charge < -0.3 is 5.32 Å². The van der Waals surface area contributed by atoms with Gasteiger partial charge in [0.05, 0.1) is 0 Å². The number of hydrogen-bond acceptors (Lipinski definition) is 2.